The van der Waals surface area contributed by atoms with Crippen LogP contribution >= 0.6 is 23.4 Å². The van der Waals surface area contributed by atoms with Crippen molar-refractivity contribution >= 4 is 40.8 Å². The van der Waals surface area contributed by atoms with Crippen LogP contribution in [0.1, 0.15) is 5.56 Å². The summed E-state index contributed by atoms with van der Waals surface area (Å²) < 4.78 is 12.9. The molecular weight excluding hydrogens is 387 g/mol. The molecule has 2 aromatic carbocycles. The first kappa shape index (κ1) is 19.1. The lowest BCUT2D eigenvalue weighted by Crippen LogP contribution is -2.14. The number of thioether (sulfide) groups is 1. The van der Waals surface area contributed by atoms with E-state index in [1.54, 1.807) is 48.5 Å². The van der Waals surface area contributed by atoms with Gasteiger partial charge in [-0.05, 0) is 42.0 Å². The number of hydrogen-bond donors (Lipinski definition) is 2. The van der Waals surface area contributed by atoms with Crippen LogP contribution in [-0.4, -0.2) is 21.9 Å². The van der Waals surface area contributed by atoms with E-state index in [2.05, 4.69) is 20.8 Å². The maximum atomic E-state index is 12.9. The standard InChI is InChI=1S/C19H16ClFN4OS/c20-15-3-1-2-4-16(15)23-18(26)12-27-19-10-9-17(24-25-19)22-11-13-5-7-14(21)8-6-13/h1-10H,11-12H2,(H,22,24)(H,23,26). The SMILES string of the molecule is O=C(CSc1ccc(NCc2ccc(F)cc2)nn1)Nc1ccccc1Cl. The number of anilines is 2. The smallest absolute Gasteiger partial charge is 0.234 e. The van der Waals surface area contributed by atoms with Gasteiger partial charge in [0.1, 0.15) is 16.7 Å². The highest BCUT2D eigenvalue weighted by atomic mass is 35.5. The van der Waals surface area contributed by atoms with Gasteiger partial charge in [-0.2, -0.15) is 0 Å². The molecule has 0 aliphatic carbocycles. The molecule has 2 N–H and O–H groups in total. The normalized spacial score (nSPS) is 10.4. The third-order valence-corrected chi connectivity index (χ3v) is 4.78. The number of benzene rings is 2. The van der Waals surface area contributed by atoms with E-state index >= 15 is 0 Å². The van der Waals surface area contributed by atoms with Crippen molar-refractivity contribution in [1.29, 1.82) is 0 Å². The zero-order chi connectivity index (χ0) is 19.1. The highest BCUT2D eigenvalue weighted by molar-refractivity contribution is 7.99. The Morgan fingerprint density at radius 2 is 1.81 bits per heavy atom. The van der Waals surface area contributed by atoms with Crippen molar-refractivity contribution < 1.29 is 9.18 Å². The minimum atomic E-state index is -0.265. The van der Waals surface area contributed by atoms with Gasteiger partial charge in [0, 0.05) is 6.54 Å². The van der Waals surface area contributed by atoms with Gasteiger partial charge in [-0.25, -0.2) is 4.39 Å². The van der Waals surface area contributed by atoms with Gasteiger partial charge in [-0.3, -0.25) is 4.79 Å². The number of nitrogens with one attached hydrogen (secondary N) is 2. The molecule has 0 unspecified atom stereocenters. The molecule has 27 heavy (non-hydrogen) atoms. The van der Waals surface area contributed by atoms with Crippen molar-refractivity contribution in [3.63, 3.8) is 0 Å². The fourth-order valence-electron chi connectivity index (χ4n) is 2.17. The van der Waals surface area contributed by atoms with Crippen molar-refractivity contribution in [2.45, 2.75) is 11.6 Å². The highest BCUT2D eigenvalue weighted by Crippen LogP contribution is 2.21. The van der Waals surface area contributed by atoms with Crippen molar-refractivity contribution in [3.05, 3.63) is 77.1 Å². The average Bonchev–Trinajstić information content (AvgIpc) is 2.68. The van der Waals surface area contributed by atoms with Crippen LogP contribution in [0.2, 0.25) is 5.02 Å². The van der Waals surface area contributed by atoms with Gasteiger partial charge < -0.3 is 10.6 Å². The topological polar surface area (TPSA) is 66.9 Å². The molecule has 0 spiro atoms. The summed E-state index contributed by atoms with van der Waals surface area (Å²) in [4.78, 5) is 12.0. The fraction of sp³-hybridized carbons (Fsp3) is 0.105. The number of nitrogens with zero attached hydrogens (tertiary/aromatic N) is 2. The molecule has 1 aromatic heterocycles. The summed E-state index contributed by atoms with van der Waals surface area (Å²) in [6.07, 6.45) is 0. The lowest BCUT2D eigenvalue weighted by atomic mass is 10.2. The first-order chi connectivity index (χ1) is 13.1. The summed E-state index contributed by atoms with van der Waals surface area (Å²) in [6, 6.07) is 16.9. The van der Waals surface area contributed by atoms with Gasteiger partial charge in [0.15, 0.2) is 0 Å². The zero-order valence-electron chi connectivity index (χ0n) is 14.2. The van der Waals surface area contributed by atoms with Gasteiger partial charge >= 0.3 is 0 Å². The van der Waals surface area contributed by atoms with Gasteiger partial charge in [0.05, 0.1) is 16.5 Å². The van der Waals surface area contributed by atoms with Crippen molar-refractivity contribution in [2.75, 3.05) is 16.4 Å². The Hall–Kier alpha value is -2.64. The van der Waals surface area contributed by atoms with E-state index in [9.17, 15) is 9.18 Å². The molecule has 0 aliphatic heterocycles. The molecule has 0 atom stereocenters. The maximum absolute atomic E-state index is 12.9. The minimum absolute atomic E-state index is 0.173. The second-order valence-electron chi connectivity index (χ2n) is 5.55. The van der Waals surface area contributed by atoms with Crippen molar-refractivity contribution in [3.8, 4) is 0 Å². The molecule has 3 aromatic rings. The van der Waals surface area contributed by atoms with Gasteiger partial charge in [0.25, 0.3) is 0 Å². The predicted molar refractivity (Wildman–Crippen MR) is 107 cm³/mol. The quantitative estimate of drug-likeness (QED) is 0.565. The van der Waals surface area contributed by atoms with Crippen LogP contribution in [0.4, 0.5) is 15.9 Å². The van der Waals surface area contributed by atoms with Crippen LogP contribution in [0.15, 0.2) is 65.7 Å². The molecule has 3 rings (SSSR count). The van der Waals surface area contributed by atoms with Crippen molar-refractivity contribution in [2.24, 2.45) is 0 Å². The largest absolute Gasteiger partial charge is 0.365 e. The summed E-state index contributed by atoms with van der Waals surface area (Å²) in [5.41, 5.74) is 1.52. The van der Waals surface area contributed by atoms with Gasteiger partial charge in [-0.15, -0.1) is 10.2 Å². The third-order valence-electron chi connectivity index (χ3n) is 3.53. The molecule has 0 fully saturated rings. The van der Waals surface area contributed by atoms with E-state index in [-0.39, 0.29) is 17.5 Å². The van der Waals surface area contributed by atoms with Crippen LogP contribution in [0.25, 0.3) is 0 Å². The Balaban J connectivity index is 1.46. The minimum Gasteiger partial charge on any atom is -0.365 e. The van der Waals surface area contributed by atoms with Gasteiger partial charge in [0.2, 0.25) is 5.91 Å². The highest BCUT2D eigenvalue weighted by Gasteiger charge is 2.07. The van der Waals surface area contributed by atoms with Crippen LogP contribution in [0.3, 0.4) is 0 Å². The molecule has 0 saturated carbocycles. The molecule has 0 saturated heterocycles. The van der Waals surface area contributed by atoms with Crippen molar-refractivity contribution in [1.82, 2.24) is 10.2 Å². The third kappa shape index (κ3) is 5.94. The first-order valence-electron chi connectivity index (χ1n) is 8.09. The summed E-state index contributed by atoms with van der Waals surface area (Å²) >= 11 is 7.30. The maximum Gasteiger partial charge on any atom is 0.234 e. The number of amides is 1. The summed E-state index contributed by atoms with van der Waals surface area (Å²) in [5.74, 6) is 0.360. The molecule has 0 aliphatic rings. The Morgan fingerprint density at radius 3 is 2.52 bits per heavy atom. The monoisotopic (exact) mass is 402 g/mol. The van der Waals surface area contributed by atoms with E-state index in [0.29, 0.717) is 28.1 Å². The Labute approximate surface area is 165 Å². The van der Waals surface area contributed by atoms with E-state index in [0.717, 1.165) is 5.56 Å². The van der Waals surface area contributed by atoms with Crippen LogP contribution in [-0.2, 0) is 11.3 Å². The Kier molecular flexibility index (Phi) is 6.62. The molecule has 8 heteroatoms. The van der Waals surface area contributed by atoms with E-state index in [1.807, 2.05) is 0 Å². The molecule has 0 radical (unpaired) electrons. The van der Waals surface area contributed by atoms with Crippen LogP contribution < -0.4 is 10.6 Å². The number of halogens is 2. The number of rotatable bonds is 7. The molecular formula is C19H16ClFN4OS. The molecule has 1 heterocycles. The number of hydrogen-bond acceptors (Lipinski definition) is 5. The molecule has 1 amide bonds. The second-order valence-corrected chi connectivity index (χ2v) is 6.96. The lowest BCUT2D eigenvalue weighted by Gasteiger charge is -2.07. The summed E-state index contributed by atoms with van der Waals surface area (Å²) in [5, 5.41) is 15.2. The van der Waals surface area contributed by atoms with E-state index in [1.165, 1.54) is 23.9 Å². The number of carbonyl (C=O) groups excluding carboxylic acids is 1. The van der Waals surface area contributed by atoms with Crippen LogP contribution in [0, 0.1) is 5.82 Å². The van der Waals surface area contributed by atoms with Crippen LogP contribution in [0.5, 0.6) is 0 Å². The first-order valence-corrected chi connectivity index (χ1v) is 9.46. The molecule has 5 nitrogen and oxygen atoms in total. The molecule has 138 valence electrons. The second kappa shape index (κ2) is 9.34. The summed E-state index contributed by atoms with van der Waals surface area (Å²) in [7, 11) is 0. The fourth-order valence-corrected chi connectivity index (χ4v) is 2.97. The summed E-state index contributed by atoms with van der Waals surface area (Å²) in [6.45, 7) is 0.516. The number of para-hydroxylation sites is 1. The Bertz CT molecular complexity index is 906. The van der Waals surface area contributed by atoms with Gasteiger partial charge in [-0.1, -0.05) is 47.6 Å². The number of aromatic nitrogens is 2. The lowest BCUT2D eigenvalue weighted by molar-refractivity contribution is -0.113. The van der Waals surface area contributed by atoms with E-state index in [4.69, 9.17) is 11.6 Å². The average molecular weight is 403 g/mol. The predicted octanol–water partition coefficient (Wildman–Crippen LogP) is 4.61. The Morgan fingerprint density at radius 1 is 1.04 bits per heavy atom. The zero-order valence-corrected chi connectivity index (χ0v) is 15.7. The molecule has 0 bridgehead atoms. The number of carbonyl (C=O) groups is 1. The van der Waals surface area contributed by atoms with E-state index < -0.39 is 0 Å².